The van der Waals surface area contributed by atoms with Crippen LogP contribution < -0.4 is 5.32 Å². The fraction of sp³-hybridized carbons (Fsp3) is 1.00. The Hall–Kier alpha value is -0.160. The lowest BCUT2D eigenvalue weighted by Gasteiger charge is -2.27. The molecule has 0 saturated heterocycles. The Bertz CT molecular complexity index is 156. The second kappa shape index (κ2) is 12.3. The zero-order valence-corrected chi connectivity index (χ0v) is 12.0. The van der Waals surface area contributed by atoms with Crippen LogP contribution in [0.2, 0.25) is 0 Å². The van der Waals surface area contributed by atoms with Crippen LogP contribution in [0.3, 0.4) is 0 Å². The highest BCUT2D eigenvalue weighted by molar-refractivity contribution is 4.66. The third-order valence-corrected chi connectivity index (χ3v) is 2.86. The normalized spacial score (nSPS) is 13.2. The lowest BCUT2D eigenvalue weighted by atomic mass is 10.3. The Balaban J connectivity index is 3.43. The van der Waals surface area contributed by atoms with Crippen molar-refractivity contribution in [3.05, 3.63) is 0 Å². The molecule has 4 heteroatoms. The van der Waals surface area contributed by atoms with Crippen LogP contribution in [0, 0.1) is 0 Å². The first-order valence-electron chi connectivity index (χ1n) is 6.77. The van der Waals surface area contributed by atoms with Crippen LogP contribution in [0.4, 0.5) is 0 Å². The maximum atomic E-state index is 5.29. The minimum atomic E-state index is 0.496. The highest BCUT2D eigenvalue weighted by Crippen LogP contribution is 1.97. The van der Waals surface area contributed by atoms with E-state index in [0.717, 1.165) is 52.4 Å². The minimum Gasteiger partial charge on any atom is -0.383 e. The van der Waals surface area contributed by atoms with Gasteiger partial charge in [-0.3, -0.25) is 4.90 Å². The van der Waals surface area contributed by atoms with E-state index < -0.39 is 0 Å². The highest BCUT2D eigenvalue weighted by Gasteiger charge is 2.10. The summed E-state index contributed by atoms with van der Waals surface area (Å²) in [5, 5.41) is 3.44. The lowest BCUT2D eigenvalue weighted by Crippen LogP contribution is -2.40. The van der Waals surface area contributed by atoms with Crippen molar-refractivity contribution in [2.24, 2.45) is 0 Å². The Morgan fingerprint density at radius 1 is 1.24 bits per heavy atom. The van der Waals surface area contributed by atoms with Crippen molar-refractivity contribution in [1.82, 2.24) is 10.2 Å². The van der Waals surface area contributed by atoms with Crippen LogP contribution in [0.15, 0.2) is 0 Å². The van der Waals surface area contributed by atoms with Gasteiger partial charge < -0.3 is 14.8 Å². The third-order valence-electron chi connectivity index (χ3n) is 2.86. The lowest BCUT2D eigenvalue weighted by molar-refractivity contribution is 0.103. The molecular formula is C13H30N2O2. The molecule has 104 valence electrons. The summed E-state index contributed by atoms with van der Waals surface area (Å²) in [4.78, 5) is 2.43. The van der Waals surface area contributed by atoms with Gasteiger partial charge in [0.2, 0.25) is 0 Å². The van der Waals surface area contributed by atoms with E-state index in [2.05, 4.69) is 24.1 Å². The molecule has 0 heterocycles. The number of nitrogens with one attached hydrogen (secondary N) is 1. The summed E-state index contributed by atoms with van der Waals surface area (Å²) in [7, 11) is 1.76. The molecule has 1 unspecified atom stereocenters. The average molecular weight is 246 g/mol. The predicted octanol–water partition coefficient (Wildman–Crippen LogP) is 1.36. The fourth-order valence-corrected chi connectivity index (χ4v) is 1.83. The molecule has 0 aliphatic heterocycles. The number of nitrogens with zero attached hydrogens (tertiary/aromatic N) is 1. The number of ether oxygens (including phenoxy) is 2. The summed E-state index contributed by atoms with van der Waals surface area (Å²) >= 11 is 0. The summed E-state index contributed by atoms with van der Waals surface area (Å²) in [6.45, 7) is 13.1. The minimum absolute atomic E-state index is 0.496. The maximum absolute atomic E-state index is 5.29. The molecule has 0 aromatic rings. The van der Waals surface area contributed by atoms with E-state index in [1.807, 2.05) is 6.92 Å². The molecule has 0 aromatic heterocycles. The second-order valence-electron chi connectivity index (χ2n) is 4.23. The van der Waals surface area contributed by atoms with Crippen molar-refractivity contribution in [2.75, 3.05) is 53.1 Å². The molecule has 0 bridgehead atoms. The summed E-state index contributed by atoms with van der Waals surface area (Å²) in [5.74, 6) is 0. The summed E-state index contributed by atoms with van der Waals surface area (Å²) in [5.41, 5.74) is 0. The Labute approximate surface area is 107 Å². The standard InChI is InChI=1S/C13H30N2O2/c1-5-15(13(3)12-16-4)10-9-14-8-7-11-17-6-2/h13-14H,5-12H2,1-4H3. The smallest absolute Gasteiger partial charge is 0.0615 e. The van der Waals surface area contributed by atoms with Gasteiger partial charge in [-0.1, -0.05) is 6.92 Å². The average Bonchev–Trinajstić information content (AvgIpc) is 2.33. The SMILES string of the molecule is CCOCCCNCCN(CC)C(C)COC. The number of likely N-dealkylation sites (N-methyl/N-ethyl adjacent to an activating group) is 1. The van der Waals surface area contributed by atoms with Gasteiger partial charge in [-0.15, -0.1) is 0 Å². The molecule has 17 heavy (non-hydrogen) atoms. The predicted molar refractivity (Wildman–Crippen MR) is 72.6 cm³/mol. The Morgan fingerprint density at radius 3 is 2.59 bits per heavy atom. The van der Waals surface area contributed by atoms with E-state index in [1.165, 1.54) is 0 Å². The third kappa shape index (κ3) is 9.53. The molecule has 4 nitrogen and oxygen atoms in total. The van der Waals surface area contributed by atoms with Gasteiger partial charge in [0.1, 0.15) is 0 Å². The molecule has 1 N–H and O–H groups in total. The molecule has 0 spiro atoms. The van der Waals surface area contributed by atoms with E-state index in [0.29, 0.717) is 6.04 Å². The van der Waals surface area contributed by atoms with Gasteiger partial charge in [-0.2, -0.15) is 0 Å². The monoisotopic (exact) mass is 246 g/mol. The van der Waals surface area contributed by atoms with Crippen molar-refractivity contribution in [2.45, 2.75) is 33.2 Å². The topological polar surface area (TPSA) is 33.7 Å². The number of methoxy groups -OCH3 is 1. The molecule has 0 fully saturated rings. The van der Waals surface area contributed by atoms with Crippen LogP contribution in [-0.4, -0.2) is 64.1 Å². The molecule has 0 aromatic carbocycles. The van der Waals surface area contributed by atoms with Crippen LogP contribution in [0.1, 0.15) is 27.2 Å². The molecule has 0 saturated carbocycles. The van der Waals surface area contributed by atoms with Gasteiger partial charge in [0.05, 0.1) is 6.61 Å². The second-order valence-corrected chi connectivity index (χ2v) is 4.23. The largest absolute Gasteiger partial charge is 0.383 e. The molecule has 0 rings (SSSR count). The quantitative estimate of drug-likeness (QED) is 0.527. The molecule has 0 aliphatic rings. The molecule has 0 amide bonds. The van der Waals surface area contributed by atoms with Crippen molar-refractivity contribution < 1.29 is 9.47 Å². The van der Waals surface area contributed by atoms with Crippen molar-refractivity contribution in [1.29, 1.82) is 0 Å². The van der Waals surface area contributed by atoms with Gasteiger partial charge >= 0.3 is 0 Å². The van der Waals surface area contributed by atoms with E-state index in [-0.39, 0.29) is 0 Å². The van der Waals surface area contributed by atoms with Crippen LogP contribution in [0.5, 0.6) is 0 Å². The van der Waals surface area contributed by atoms with E-state index >= 15 is 0 Å². The summed E-state index contributed by atoms with van der Waals surface area (Å²) < 4.78 is 10.5. The van der Waals surface area contributed by atoms with E-state index in [9.17, 15) is 0 Å². The number of rotatable bonds is 12. The van der Waals surface area contributed by atoms with Crippen LogP contribution in [-0.2, 0) is 9.47 Å². The van der Waals surface area contributed by atoms with Crippen molar-refractivity contribution in [3.8, 4) is 0 Å². The molecular weight excluding hydrogens is 216 g/mol. The molecule has 1 atom stereocenters. The van der Waals surface area contributed by atoms with E-state index in [4.69, 9.17) is 9.47 Å². The zero-order valence-electron chi connectivity index (χ0n) is 12.0. The maximum Gasteiger partial charge on any atom is 0.0615 e. The highest BCUT2D eigenvalue weighted by atomic mass is 16.5. The van der Waals surface area contributed by atoms with Gasteiger partial charge in [-0.25, -0.2) is 0 Å². The van der Waals surface area contributed by atoms with Gasteiger partial charge in [0.15, 0.2) is 0 Å². The van der Waals surface area contributed by atoms with Gasteiger partial charge in [0, 0.05) is 39.5 Å². The number of hydrogen-bond donors (Lipinski definition) is 1. The van der Waals surface area contributed by atoms with Crippen molar-refractivity contribution in [3.63, 3.8) is 0 Å². The summed E-state index contributed by atoms with van der Waals surface area (Å²) in [6, 6.07) is 0.496. The first kappa shape index (κ1) is 16.8. The van der Waals surface area contributed by atoms with E-state index in [1.54, 1.807) is 7.11 Å². The summed E-state index contributed by atoms with van der Waals surface area (Å²) in [6.07, 6.45) is 1.09. The first-order chi connectivity index (χ1) is 8.26. The molecule has 0 aliphatic carbocycles. The van der Waals surface area contributed by atoms with Crippen LogP contribution in [0.25, 0.3) is 0 Å². The first-order valence-corrected chi connectivity index (χ1v) is 6.77. The fourth-order valence-electron chi connectivity index (χ4n) is 1.83. The Kier molecular flexibility index (Phi) is 12.2. The Morgan fingerprint density at radius 2 is 2.00 bits per heavy atom. The van der Waals surface area contributed by atoms with Crippen LogP contribution >= 0.6 is 0 Å². The number of hydrogen-bond acceptors (Lipinski definition) is 4. The van der Waals surface area contributed by atoms with Gasteiger partial charge in [0.25, 0.3) is 0 Å². The molecule has 0 radical (unpaired) electrons. The van der Waals surface area contributed by atoms with Gasteiger partial charge in [-0.05, 0) is 33.4 Å². The zero-order chi connectivity index (χ0) is 12.9. The van der Waals surface area contributed by atoms with Crippen molar-refractivity contribution >= 4 is 0 Å².